The summed E-state index contributed by atoms with van der Waals surface area (Å²) in [6.07, 6.45) is 7.88. The molecule has 0 bridgehead atoms. The lowest BCUT2D eigenvalue weighted by molar-refractivity contribution is -0.114. The highest BCUT2D eigenvalue weighted by atomic mass is 32.1. The third-order valence-corrected chi connectivity index (χ3v) is 4.46. The molecule has 2 N–H and O–H groups in total. The van der Waals surface area contributed by atoms with Crippen LogP contribution in [0, 0.1) is 0 Å². The van der Waals surface area contributed by atoms with Crippen LogP contribution in [0.25, 0.3) is 11.0 Å². The zero-order chi connectivity index (χ0) is 17.3. The topological polar surface area (TPSA) is 99.6 Å². The Balaban J connectivity index is 2.11. The molecule has 1 aliphatic carbocycles. The van der Waals surface area contributed by atoms with Crippen molar-refractivity contribution in [3.8, 4) is 0 Å². The van der Waals surface area contributed by atoms with Gasteiger partial charge in [-0.25, -0.2) is 0 Å². The summed E-state index contributed by atoms with van der Waals surface area (Å²) in [6.45, 7) is 2.05. The van der Waals surface area contributed by atoms with Crippen LogP contribution in [0.3, 0.4) is 0 Å². The first-order valence-corrected chi connectivity index (χ1v) is 8.23. The zero-order valence-electron chi connectivity index (χ0n) is 13.3. The van der Waals surface area contributed by atoms with Gasteiger partial charge in [0, 0.05) is 6.42 Å². The van der Waals surface area contributed by atoms with Crippen molar-refractivity contribution in [2.45, 2.75) is 19.8 Å². The molecule has 0 amide bonds. The average molecular weight is 344 g/mol. The molecule has 2 aromatic heterocycles. The molecule has 124 valence electrons. The standard InChI is InChI=1S/C16H16N4O3S/c1-3-4-13-19-20-14(17)10(15(22)18-16(20)24-13)7-9-5-6-11(21)12(8-9)23-2/h5-8H,3-4,17H2,1-2H3/b9-7-. The van der Waals surface area contributed by atoms with Crippen LogP contribution in [0.2, 0.25) is 0 Å². The van der Waals surface area contributed by atoms with Gasteiger partial charge in [-0.2, -0.15) is 14.6 Å². The molecule has 0 radical (unpaired) electrons. The monoisotopic (exact) mass is 344 g/mol. The zero-order valence-corrected chi connectivity index (χ0v) is 14.1. The van der Waals surface area contributed by atoms with Gasteiger partial charge >= 0.3 is 0 Å². The van der Waals surface area contributed by atoms with Gasteiger partial charge in [0.2, 0.25) is 10.7 Å². The number of aromatic nitrogens is 3. The van der Waals surface area contributed by atoms with Gasteiger partial charge in [-0.15, -0.1) is 0 Å². The Morgan fingerprint density at radius 1 is 1.38 bits per heavy atom. The summed E-state index contributed by atoms with van der Waals surface area (Å²) in [5.74, 6) is 0.209. The van der Waals surface area contributed by atoms with Crippen LogP contribution in [0.1, 0.15) is 23.9 Å². The molecule has 0 aliphatic heterocycles. The Kier molecular flexibility index (Phi) is 4.30. The Hall–Kier alpha value is -2.74. The minimum absolute atomic E-state index is 0.204. The largest absolute Gasteiger partial charge is 0.493 e. The van der Waals surface area contributed by atoms with Crippen molar-refractivity contribution in [1.29, 1.82) is 0 Å². The number of aryl methyl sites for hydroxylation is 1. The number of allylic oxidation sites excluding steroid dienone is 4. The second kappa shape index (κ2) is 6.40. The highest BCUT2D eigenvalue weighted by molar-refractivity contribution is 7.16. The Bertz CT molecular complexity index is 966. The average Bonchev–Trinajstić information content (AvgIpc) is 2.96. The molecule has 7 nitrogen and oxygen atoms in total. The number of nitrogens with zero attached hydrogens (tertiary/aromatic N) is 3. The van der Waals surface area contributed by atoms with Crippen molar-refractivity contribution >= 4 is 34.0 Å². The number of hydrogen-bond donors (Lipinski definition) is 1. The van der Waals surface area contributed by atoms with Gasteiger partial charge in [-0.1, -0.05) is 24.3 Å². The van der Waals surface area contributed by atoms with Gasteiger partial charge in [-0.05, 0) is 30.2 Å². The highest BCUT2D eigenvalue weighted by Gasteiger charge is 2.15. The molecule has 1 aliphatic rings. The maximum Gasteiger partial charge on any atom is 0.283 e. The molecule has 0 saturated heterocycles. The van der Waals surface area contributed by atoms with E-state index >= 15 is 0 Å². The Labute approximate surface area is 141 Å². The lowest BCUT2D eigenvalue weighted by atomic mass is 10.0. The molecule has 24 heavy (non-hydrogen) atoms. The van der Waals surface area contributed by atoms with Crippen LogP contribution in [0.15, 0.2) is 34.4 Å². The summed E-state index contributed by atoms with van der Waals surface area (Å²) in [5.41, 5.74) is 6.56. The summed E-state index contributed by atoms with van der Waals surface area (Å²) in [7, 11) is 1.42. The number of methoxy groups -OCH3 is 1. The molecule has 3 rings (SSSR count). The number of ether oxygens (including phenoxy) is 1. The number of nitrogens with two attached hydrogens (primary N) is 1. The van der Waals surface area contributed by atoms with Gasteiger partial charge in [0.1, 0.15) is 10.8 Å². The molecule has 2 heterocycles. The fourth-order valence-electron chi connectivity index (χ4n) is 2.31. The number of carbonyl (C=O) groups excluding carboxylic acids is 1. The molecule has 0 unspecified atom stereocenters. The van der Waals surface area contributed by atoms with Crippen molar-refractivity contribution in [2.24, 2.45) is 0 Å². The van der Waals surface area contributed by atoms with Crippen LogP contribution in [0.4, 0.5) is 5.82 Å². The lowest BCUT2D eigenvalue weighted by Gasteiger charge is -2.08. The minimum atomic E-state index is -0.427. The van der Waals surface area contributed by atoms with Gasteiger partial charge < -0.3 is 10.5 Å². The summed E-state index contributed by atoms with van der Waals surface area (Å²) >= 11 is 1.36. The summed E-state index contributed by atoms with van der Waals surface area (Å²) < 4.78 is 6.50. The van der Waals surface area contributed by atoms with E-state index in [9.17, 15) is 9.59 Å². The maximum atomic E-state index is 12.3. The number of anilines is 1. The van der Waals surface area contributed by atoms with E-state index in [1.165, 1.54) is 29.0 Å². The molecule has 0 atom stereocenters. The SMILES string of the molecule is CCCc1nn2c(N)c(/C=C3/C=CC(=O)C(OC)=C3)c(=O)nc2s1. The second-order valence-electron chi connectivity index (χ2n) is 5.21. The first-order valence-electron chi connectivity index (χ1n) is 7.41. The third-order valence-electron chi connectivity index (χ3n) is 3.50. The predicted molar refractivity (Wildman–Crippen MR) is 92.8 cm³/mol. The quantitative estimate of drug-likeness (QED) is 0.907. The van der Waals surface area contributed by atoms with Crippen LogP contribution in [-0.4, -0.2) is 27.5 Å². The van der Waals surface area contributed by atoms with Crippen molar-refractivity contribution in [3.63, 3.8) is 0 Å². The van der Waals surface area contributed by atoms with E-state index in [2.05, 4.69) is 17.0 Å². The number of ketones is 1. The Morgan fingerprint density at radius 3 is 2.88 bits per heavy atom. The molecular weight excluding hydrogens is 328 g/mol. The van der Waals surface area contributed by atoms with E-state index in [0.717, 1.165) is 17.8 Å². The predicted octanol–water partition coefficient (Wildman–Crippen LogP) is 1.74. The van der Waals surface area contributed by atoms with Gasteiger partial charge in [-0.3, -0.25) is 9.59 Å². The van der Waals surface area contributed by atoms with E-state index < -0.39 is 5.56 Å². The lowest BCUT2D eigenvalue weighted by Crippen LogP contribution is -2.17. The normalized spacial score (nSPS) is 16.0. The molecule has 0 spiro atoms. The van der Waals surface area contributed by atoms with Crippen molar-refractivity contribution in [3.05, 3.63) is 50.5 Å². The van der Waals surface area contributed by atoms with Crippen molar-refractivity contribution in [2.75, 3.05) is 12.8 Å². The fraction of sp³-hybridized carbons (Fsp3) is 0.250. The summed E-state index contributed by atoms with van der Waals surface area (Å²) in [6, 6.07) is 0. The van der Waals surface area contributed by atoms with Crippen molar-refractivity contribution in [1.82, 2.24) is 14.6 Å². The number of fused-ring (bicyclic) bond motifs is 1. The fourth-order valence-corrected chi connectivity index (χ4v) is 3.31. The molecule has 2 aromatic rings. The molecule has 0 fully saturated rings. The number of hydrogen-bond acceptors (Lipinski definition) is 7. The first-order chi connectivity index (χ1) is 11.5. The van der Waals surface area contributed by atoms with Crippen LogP contribution in [-0.2, 0) is 16.0 Å². The summed E-state index contributed by atoms with van der Waals surface area (Å²) in [4.78, 5) is 28.4. The molecule has 0 saturated carbocycles. The minimum Gasteiger partial charge on any atom is -0.493 e. The second-order valence-corrected chi connectivity index (χ2v) is 6.25. The van der Waals surface area contributed by atoms with E-state index in [-0.39, 0.29) is 22.9 Å². The number of rotatable bonds is 4. The summed E-state index contributed by atoms with van der Waals surface area (Å²) in [5, 5.41) is 5.29. The highest BCUT2D eigenvalue weighted by Crippen LogP contribution is 2.21. The molecule has 8 heteroatoms. The van der Waals surface area contributed by atoms with E-state index in [4.69, 9.17) is 10.5 Å². The number of nitrogen functional groups attached to an aromatic ring is 1. The number of carbonyl (C=O) groups is 1. The third kappa shape index (κ3) is 2.88. The van der Waals surface area contributed by atoms with Gasteiger partial charge in [0.05, 0.1) is 12.7 Å². The maximum absolute atomic E-state index is 12.3. The van der Waals surface area contributed by atoms with Crippen LogP contribution < -0.4 is 11.3 Å². The first kappa shape index (κ1) is 16.1. The Morgan fingerprint density at radius 2 is 2.17 bits per heavy atom. The van der Waals surface area contributed by atoms with E-state index in [0.29, 0.717) is 10.5 Å². The van der Waals surface area contributed by atoms with Crippen LogP contribution in [0.5, 0.6) is 0 Å². The van der Waals surface area contributed by atoms with Crippen molar-refractivity contribution < 1.29 is 9.53 Å². The smallest absolute Gasteiger partial charge is 0.283 e. The molecule has 0 aromatic carbocycles. The van der Waals surface area contributed by atoms with Gasteiger partial charge in [0.25, 0.3) is 5.56 Å². The molecular formula is C16H16N4O3S. The van der Waals surface area contributed by atoms with Crippen LogP contribution >= 0.6 is 11.3 Å². The van der Waals surface area contributed by atoms with E-state index in [1.807, 2.05) is 0 Å². The van der Waals surface area contributed by atoms with Gasteiger partial charge in [0.15, 0.2) is 5.76 Å². The van der Waals surface area contributed by atoms with E-state index in [1.54, 1.807) is 18.2 Å².